The summed E-state index contributed by atoms with van der Waals surface area (Å²) in [6.45, 7) is 6.73. The molecule has 1 amide bonds. The lowest BCUT2D eigenvalue weighted by Crippen LogP contribution is -2.39. The average Bonchev–Trinajstić information content (AvgIpc) is 2.89. The van der Waals surface area contributed by atoms with Crippen molar-refractivity contribution in [3.63, 3.8) is 0 Å². The molecule has 136 valence electrons. The number of aryl methyl sites for hydroxylation is 2. The second-order valence-corrected chi connectivity index (χ2v) is 7.93. The van der Waals surface area contributed by atoms with Crippen LogP contribution in [0.4, 0.5) is 0 Å². The molecular formula is C18H29ClN2O2S. The second-order valence-electron chi connectivity index (χ2n) is 6.47. The van der Waals surface area contributed by atoms with Crippen LogP contribution in [0.5, 0.6) is 0 Å². The summed E-state index contributed by atoms with van der Waals surface area (Å²) in [4.78, 5) is 28.7. The van der Waals surface area contributed by atoms with Gasteiger partial charge in [-0.25, -0.2) is 0 Å². The van der Waals surface area contributed by atoms with E-state index < -0.39 is 0 Å². The minimum atomic E-state index is 0. The molecular weight excluding hydrogens is 344 g/mol. The van der Waals surface area contributed by atoms with E-state index in [-0.39, 0.29) is 24.1 Å². The summed E-state index contributed by atoms with van der Waals surface area (Å²) in [6.07, 6.45) is 4.03. The van der Waals surface area contributed by atoms with Crippen LogP contribution in [0.2, 0.25) is 0 Å². The standard InChI is InChI=1S/C18H28N2O2S.ClH/c1-13-12-16(14(2)23-13)17(21)4-5-18(22)20-10-7-15(8-11-20)6-9-19-3;/h12,15,19H,4-11H2,1-3H3;1H. The number of ketones is 1. The number of hydrogen-bond donors (Lipinski definition) is 1. The van der Waals surface area contributed by atoms with Crippen molar-refractivity contribution in [2.75, 3.05) is 26.7 Å². The highest BCUT2D eigenvalue weighted by Crippen LogP contribution is 2.23. The van der Waals surface area contributed by atoms with E-state index in [1.54, 1.807) is 11.3 Å². The van der Waals surface area contributed by atoms with Gasteiger partial charge in [-0.2, -0.15) is 0 Å². The third kappa shape index (κ3) is 5.87. The Labute approximate surface area is 155 Å². The molecule has 0 spiro atoms. The number of likely N-dealkylation sites (tertiary alicyclic amines) is 1. The number of thiophene rings is 1. The van der Waals surface area contributed by atoms with Gasteiger partial charge in [-0.05, 0) is 58.7 Å². The van der Waals surface area contributed by atoms with Crippen molar-refractivity contribution < 1.29 is 9.59 Å². The number of nitrogens with zero attached hydrogens (tertiary/aromatic N) is 1. The molecule has 1 aliphatic rings. The van der Waals surface area contributed by atoms with E-state index in [2.05, 4.69) is 5.32 Å². The van der Waals surface area contributed by atoms with Gasteiger partial charge in [0.1, 0.15) is 0 Å². The van der Waals surface area contributed by atoms with Gasteiger partial charge >= 0.3 is 0 Å². The number of nitrogens with one attached hydrogen (secondary N) is 1. The first-order valence-electron chi connectivity index (χ1n) is 8.54. The molecule has 0 unspecified atom stereocenters. The first-order valence-corrected chi connectivity index (χ1v) is 9.35. The van der Waals surface area contributed by atoms with E-state index in [4.69, 9.17) is 0 Å². The van der Waals surface area contributed by atoms with Crippen LogP contribution in [-0.4, -0.2) is 43.3 Å². The largest absolute Gasteiger partial charge is 0.343 e. The molecule has 1 fully saturated rings. The highest BCUT2D eigenvalue weighted by molar-refractivity contribution is 7.12. The summed E-state index contributed by atoms with van der Waals surface area (Å²) >= 11 is 1.65. The second kappa shape index (κ2) is 10.2. The van der Waals surface area contributed by atoms with Gasteiger partial charge in [0.25, 0.3) is 0 Å². The zero-order valence-electron chi connectivity index (χ0n) is 14.9. The molecule has 0 aliphatic carbocycles. The number of amides is 1. The van der Waals surface area contributed by atoms with Crippen LogP contribution >= 0.6 is 23.7 Å². The molecule has 4 nitrogen and oxygen atoms in total. The molecule has 0 radical (unpaired) electrons. The molecule has 1 aromatic rings. The monoisotopic (exact) mass is 372 g/mol. The average molecular weight is 373 g/mol. The van der Waals surface area contributed by atoms with Crippen molar-refractivity contribution in [1.82, 2.24) is 10.2 Å². The van der Waals surface area contributed by atoms with E-state index in [1.807, 2.05) is 31.9 Å². The first-order chi connectivity index (χ1) is 11.0. The Morgan fingerprint density at radius 3 is 2.46 bits per heavy atom. The smallest absolute Gasteiger partial charge is 0.223 e. The van der Waals surface area contributed by atoms with Gasteiger partial charge < -0.3 is 10.2 Å². The van der Waals surface area contributed by atoms with E-state index in [1.165, 1.54) is 6.42 Å². The maximum atomic E-state index is 12.3. The molecule has 1 aliphatic heterocycles. The molecule has 0 aromatic carbocycles. The molecule has 2 rings (SSSR count). The molecule has 1 aromatic heterocycles. The maximum absolute atomic E-state index is 12.3. The molecule has 6 heteroatoms. The van der Waals surface area contributed by atoms with Crippen LogP contribution < -0.4 is 5.32 Å². The van der Waals surface area contributed by atoms with Crippen molar-refractivity contribution in [1.29, 1.82) is 0 Å². The molecule has 0 saturated carbocycles. The fourth-order valence-corrected chi connectivity index (χ4v) is 4.18. The van der Waals surface area contributed by atoms with Crippen LogP contribution in [0.1, 0.15) is 52.2 Å². The Hall–Kier alpha value is -0.910. The Bertz CT molecular complexity index is 551. The third-order valence-corrected chi connectivity index (χ3v) is 5.64. The van der Waals surface area contributed by atoms with Crippen molar-refractivity contribution in [3.05, 3.63) is 21.4 Å². The highest BCUT2D eigenvalue weighted by atomic mass is 35.5. The van der Waals surface area contributed by atoms with Gasteiger partial charge in [0, 0.05) is 41.2 Å². The normalized spacial score (nSPS) is 15.2. The summed E-state index contributed by atoms with van der Waals surface area (Å²) in [7, 11) is 1.98. The number of Topliss-reactive ketones (excluding diaryl/α,β-unsaturated/α-hetero) is 1. The van der Waals surface area contributed by atoms with Crippen molar-refractivity contribution >= 4 is 35.4 Å². The molecule has 1 N–H and O–H groups in total. The lowest BCUT2D eigenvalue weighted by Gasteiger charge is -2.32. The van der Waals surface area contributed by atoms with E-state index in [0.717, 1.165) is 53.7 Å². The topological polar surface area (TPSA) is 49.4 Å². The Morgan fingerprint density at radius 1 is 1.25 bits per heavy atom. The van der Waals surface area contributed by atoms with Crippen molar-refractivity contribution in [2.45, 2.75) is 46.0 Å². The number of piperidine rings is 1. The lowest BCUT2D eigenvalue weighted by molar-refractivity contribution is -0.132. The zero-order valence-corrected chi connectivity index (χ0v) is 16.5. The predicted octanol–water partition coefficient (Wildman–Crippen LogP) is 3.60. The van der Waals surface area contributed by atoms with Crippen LogP contribution in [0.3, 0.4) is 0 Å². The summed E-state index contributed by atoms with van der Waals surface area (Å²) in [5.41, 5.74) is 0.797. The number of halogens is 1. The number of hydrogen-bond acceptors (Lipinski definition) is 4. The molecule has 2 heterocycles. The number of rotatable bonds is 7. The summed E-state index contributed by atoms with van der Waals surface area (Å²) in [5.74, 6) is 0.962. The van der Waals surface area contributed by atoms with Crippen LogP contribution in [0.15, 0.2) is 6.07 Å². The quantitative estimate of drug-likeness (QED) is 0.744. The van der Waals surface area contributed by atoms with Gasteiger partial charge in [0.2, 0.25) is 5.91 Å². The number of carbonyl (C=O) groups is 2. The Kier molecular flexibility index (Phi) is 8.95. The molecule has 0 atom stereocenters. The molecule has 1 saturated heterocycles. The van der Waals surface area contributed by atoms with Gasteiger partial charge in [0.15, 0.2) is 5.78 Å². The van der Waals surface area contributed by atoms with Crippen LogP contribution in [-0.2, 0) is 4.79 Å². The van der Waals surface area contributed by atoms with Gasteiger partial charge in [0.05, 0.1) is 0 Å². The molecule has 0 bridgehead atoms. The predicted molar refractivity (Wildman–Crippen MR) is 102 cm³/mol. The zero-order chi connectivity index (χ0) is 16.8. The highest BCUT2D eigenvalue weighted by Gasteiger charge is 2.23. The van der Waals surface area contributed by atoms with Crippen LogP contribution in [0, 0.1) is 19.8 Å². The minimum absolute atomic E-state index is 0. The van der Waals surface area contributed by atoms with Crippen LogP contribution in [0.25, 0.3) is 0 Å². The number of carbonyl (C=O) groups excluding carboxylic acids is 2. The van der Waals surface area contributed by atoms with E-state index in [9.17, 15) is 9.59 Å². The summed E-state index contributed by atoms with van der Waals surface area (Å²) in [6, 6.07) is 1.94. The third-order valence-electron chi connectivity index (χ3n) is 4.68. The Balaban J connectivity index is 0.00000288. The minimum Gasteiger partial charge on any atom is -0.343 e. The molecule has 24 heavy (non-hydrogen) atoms. The van der Waals surface area contributed by atoms with E-state index in [0.29, 0.717) is 12.8 Å². The van der Waals surface area contributed by atoms with Gasteiger partial charge in [-0.3, -0.25) is 9.59 Å². The van der Waals surface area contributed by atoms with E-state index >= 15 is 0 Å². The Morgan fingerprint density at radius 2 is 1.92 bits per heavy atom. The maximum Gasteiger partial charge on any atom is 0.223 e. The van der Waals surface area contributed by atoms with Crippen molar-refractivity contribution in [3.8, 4) is 0 Å². The fraction of sp³-hybridized carbons (Fsp3) is 0.667. The summed E-state index contributed by atoms with van der Waals surface area (Å²) in [5, 5.41) is 3.19. The summed E-state index contributed by atoms with van der Waals surface area (Å²) < 4.78 is 0. The first kappa shape index (κ1) is 21.1. The SMILES string of the molecule is CNCCC1CCN(C(=O)CCC(=O)c2cc(C)sc2C)CC1.Cl. The lowest BCUT2D eigenvalue weighted by atomic mass is 9.93. The fourth-order valence-electron chi connectivity index (χ4n) is 3.24. The van der Waals surface area contributed by atoms with Gasteiger partial charge in [-0.15, -0.1) is 23.7 Å². The van der Waals surface area contributed by atoms with Crippen molar-refractivity contribution in [2.24, 2.45) is 5.92 Å². The van der Waals surface area contributed by atoms with Gasteiger partial charge in [-0.1, -0.05) is 0 Å².